The van der Waals surface area contributed by atoms with Crippen molar-refractivity contribution >= 4 is 34.5 Å². The van der Waals surface area contributed by atoms with Crippen molar-refractivity contribution in [1.29, 1.82) is 0 Å². The predicted octanol–water partition coefficient (Wildman–Crippen LogP) is 2.57. The maximum Gasteiger partial charge on any atom is 0.225 e. The fraction of sp³-hybridized carbons (Fsp3) is 0.350. The van der Waals surface area contributed by atoms with Gasteiger partial charge in [-0.3, -0.25) is 4.79 Å². The summed E-state index contributed by atoms with van der Waals surface area (Å²) in [6.45, 7) is 0.930. The third-order valence-corrected chi connectivity index (χ3v) is 6.83. The quantitative estimate of drug-likeness (QED) is 0.628. The summed E-state index contributed by atoms with van der Waals surface area (Å²) in [6, 6.07) is 9.66. The zero-order valence-electron chi connectivity index (χ0n) is 15.5. The van der Waals surface area contributed by atoms with E-state index < -0.39 is 0 Å². The molecule has 4 atom stereocenters. The molecule has 0 aromatic carbocycles. The highest BCUT2D eigenvalue weighted by Gasteiger charge is 2.48. The van der Waals surface area contributed by atoms with E-state index in [9.17, 15) is 4.79 Å². The van der Waals surface area contributed by atoms with Crippen molar-refractivity contribution in [2.24, 2.45) is 0 Å². The van der Waals surface area contributed by atoms with E-state index in [1.54, 1.807) is 28.9 Å². The van der Waals surface area contributed by atoms with Crippen LogP contribution in [0.2, 0.25) is 0 Å². The molecule has 9 heteroatoms. The van der Waals surface area contributed by atoms with Crippen molar-refractivity contribution in [1.82, 2.24) is 15.3 Å². The number of nitrogens with one attached hydrogen (secondary N) is 2. The predicted molar refractivity (Wildman–Crippen MR) is 112 cm³/mol. The summed E-state index contributed by atoms with van der Waals surface area (Å²) in [7, 11) is 0. The Morgan fingerprint density at radius 3 is 2.66 bits per heavy atom. The first-order valence-electron chi connectivity index (χ1n) is 9.45. The van der Waals surface area contributed by atoms with Crippen LogP contribution in [0.5, 0.6) is 0 Å². The lowest BCUT2D eigenvalue weighted by atomic mass is 10.1. The first-order valence-corrected chi connectivity index (χ1v) is 11.2. The molecule has 5 rings (SSSR count). The number of amides is 1. The van der Waals surface area contributed by atoms with Crippen LogP contribution in [0.3, 0.4) is 0 Å². The van der Waals surface area contributed by atoms with E-state index in [2.05, 4.69) is 20.6 Å². The van der Waals surface area contributed by atoms with Crippen LogP contribution in [0.4, 0.5) is 5.95 Å². The molecular weight excluding hydrogens is 408 g/mol. The molecule has 150 valence electrons. The molecule has 7 nitrogen and oxygen atoms in total. The molecule has 29 heavy (non-hydrogen) atoms. The molecule has 2 fully saturated rings. The molecule has 0 aliphatic carbocycles. The normalized spacial score (nSPS) is 25.7. The third-order valence-electron chi connectivity index (χ3n) is 5.06. The Balaban J connectivity index is 1.20. The zero-order valence-corrected chi connectivity index (χ0v) is 17.1. The van der Waals surface area contributed by atoms with Crippen LogP contribution in [0.1, 0.15) is 4.88 Å². The van der Waals surface area contributed by atoms with Crippen LogP contribution >= 0.6 is 22.7 Å². The Morgan fingerprint density at radius 1 is 1.07 bits per heavy atom. The molecule has 1 amide bonds. The standard InChI is InChI=1S/C20H20N4O3S2/c25-17(9-12-3-1-7-28-12)22-14-10-26-19-15(11-27-18(14)19)24-20-21-6-5-13(23-20)16-4-2-8-29-16/h1-8,14-15,18-19H,9-11H2,(H,22,25)(H,21,23,24). The number of hydrogen-bond donors (Lipinski definition) is 2. The molecule has 0 radical (unpaired) electrons. The second-order valence-corrected chi connectivity index (χ2v) is 9.00. The number of fused-ring (bicyclic) bond motifs is 1. The van der Waals surface area contributed by atoms with Crippen LogP contribution in [0, 0.1) is 0 Å². The summed E-state index contributed by atoms with van der Waals surface area (Å²) in [5.41, 5.74) is 0.888. The molecule has 2 saturated heterocycles. The van der Waals surface area contributed by atoms with Crippen LogP contribution < -0.4 is 10.6 Å². The van der Waals surface area contributed by atoms with E-state index in [1.807, 2.05) is 41.1 Å². The molecule has 2 aliphatic rings. The van der Waals surface area contributed by atoms with E-state index in [0.717, 1.165) is 15.4 Å². The highest BCUT2D eigenvalue weighted by atomic mass is 32.1. The number of rotatable bonds is 6. The van der Waals surface area contributed by atoms with Gasteiger partial charge in [-0.15, -0.1) is 22.7 Å². The second kappa shape index (κ2) is 8.19. The summed E-state index contributed by atoms with van der Waals surface area (Å²) in [6.07, 6.45) is 1.83. The molecule has 0 bridgehead atoms. The van der Waals surface area contributed by atoms with Gasteiger partial charge >= 0.3 is 0 Å². The van der Waals surface area contributed by atoms with E-state index in [-0.39, 0.29) is 30.2 Å². The Labute approximate surface area is 176 Å². The lowest BCUT2D eigenvalue weighted by molar-refractivity contribution is -0.121. The SMILES string of the molecule is O=C(Cc1cccs1)NC1COC2C(Nc3nccc(-c4cccs4)n3)COC12. The molecule has 5 heterocycles. The van der Waals surface area contributed by atoms with Crippen LogP contribution in [-0.2, 0) is 20.7 Å². The number of thiophene rings is 2. The van der Waals surface area contributed by atoms with E-state index >= 15 is 0 Å². The maximum absolute atomic E-state index is 12.3. The van der Waals surface area contributed by atoms with Crippen molar-refractivity contribution < 1.29 is 14.3 Å². The molecule has 4 unspecified atom stereocenters. The molecule has 3 aromatic heterocycles. The van der Waals surface area contributed by atoms with Gasteiger partial charge in [0.05, 0.1) is 42.3 Å². The molecule has 2 N–H and O–H groups in total. The van der Waals surface area contributed by atoms with E-state index in [1.165, 1.54) is 0 Å². The number of hydrogen-bond acceptors (Lipinski definition) is 8. The first kappa shape index (κ1) is 18.7. The van der Waals surface area contributed by atoms with Gasteiger partial charge in [0.1, 0.15) is 12.2 Å². The van der Waals surface area contributed by atoms with Gasteiger partial charge < -0.3 is 20.1 Å². The number of carbonyl (C=O) groups excluding carboxylic acids is 1. The minimum absolute atomic E-state index is 0.00584. The fourth-order valence-electron chi connectivity index (χ4n) is 3.73. The maximum atomic E-state index is 12.3. The average Bonchev–Trinajstić information content (AvgIpc) is 3.50. The summed E-state index contributed by atoms with van der Waals surface area (Å²) in [5.74, 6) is 0.549. The van der Waals surface area contributed by atoms with Crippen LogP contribution in [-0.4, -0.2) is 53.4 Å². The topological polar surface area (TPSA) is 85.4 Å². The van der Waals surface area contributed by atoms with Gasteiger partial charge in [-0.25, -0.2) is 9.97 Å². The monoisotopic (exact) mass is 428 g/mol. The van der Waals surface area contributed by atoms with Crippen molar-refractivity contribution in [2.75, 3.05) is 18.5 Å². The number of ether oxygens (including phenoxy) is 2. The zero-order chi connectivity index (χ0) is 19.6. The van der Waals surface area contributed by atoms with Crippen molar-refractivity contribution in [3.63, 3.8) is 0 Å². The van der Waals surface area contributed by atoms with Gasteiger partial charge in [-0.05, 0) is 29.0 Å². The summed E-state index contributed by atoms with van der Waals surface area (Å²) in [4.78, 5) is 23.4. The van der Waals surface area contributed by atoms with E-state index in [0.29, 0.717) is 25.6 Å². The minimum atomic E-state index is -0.166. The van der Waals surface area contributed by atoms with Gasteiger partial charge in [0.2, 0.25) is 11.9 Å². The van der Waals surface area contributed by atoms with E-state index in [4.69, 9.17) is 9.47 Å². The second-order valence-electron chi connectivity index (χ2n) is 7.02. The first-order chi connectivity index (χ1) is 14.3. The largest absolute Gasteiger partial charge is 0.371 e. The number of carbonyl (C=O) groups is 1. The Hall–Kier alpha value is -2.33. The Kier molecular flexibility index (Phi) is 5.28. The highest BCUT2D eigenvalue weighted by molar-refractivity contribution is 7.13. The summed E-state index contributed by atoms with van der Waals surface area (Å²) >= 11 is 3.23. The van der Waals surface area contributed by atoms with Gasteiger partial charge in [-0.2, -0.15) is 0 Å². The lowest BCUT2D eigenvalue weighted by Crippen LogP contribution is -2.45. The highest BCUT2D eigenvalue weighted by Crippen LogP contribution is 2.29. The van der Waals surface area contributed by atoms with Crippen LogP contribution in [0.25, 0.3) is 10.6 Å². The molecule has 0 saturated carbocycles. The molecule has 2 aliphatic heterocycles. The number of anilines is 1. The average molecular weight is 429 g/mol. The summed E-state index contributed by atoms with van der Waals surface area (Å²) < 4.78 is 11.9. The van der Waals surface area contributed by atoms with Gasteiger partial charge in [-0.1, -0.05) is 12.1 Å². The van der Waals surface area contributed by atoms with Gasteiger partial charge in [0, 0.05) is 11.1 Å². The Morgan fingerprint density at radius 2 is 1.86 bits per heavy atom. The molecular formula is C20H20N4O3S2. The lowest BCUT2D eigenvalue weighted by Gasteiger charge is -2.18. The third kappa shape index (κ3) is 4.04. The van der Waals surface area contributed by atoms with Crippen molar-refractivity contribution in [3.05, 3.63) is 52.2 Å². The molecule has 0 spiro atoms. The van der Waals surface area contributed by atoms with Crippen LogP contribution in [0.15, 0.2) is 47.3 Å². The number of aromatic nitrogens is 2. The smallest absolute Gasteiger partial charge is 0.225 e. The van der Waals surface area contributed by atoms with Gasteiger partial charge in [0.25, 0.3) is 0 Å². The van der Waals surface area contributed by atoms with Gasteiger partial charge in [0.15, 0.2) is 0 Å². The van der Waals surface area contributed by atoms with Crippen molar-refractivity contribution in [3.8, 4) is 10.6 Å². The number of nitrogens with zero attached hydrogens (tertiary/aromatic N) is 2. The fourth-order valence-corrected chi connectivity index (χ4v) is 5.13. The Bertz CT molecular complexity index is 964. The molecule has 3 aromatic rings. The minimum Gasteiger partial charge on any atom is -0.371 e. The van der Waals surface area contributed by atoms with Crippen molar-refractivity contribution in [2.45, 2.75) is 30.7 Å². The summed E-state index contributed by atoms with van der Waals surface area (Å²) in [5, 5.41) is 10.4.